The quantitative estimate of drug-likeness (QED) is 0.488. The van der Waals surface area contributed by atoms with Crippen LogP contribution in [-0.2, 0) is 4.79 Å². The summed E-state index contributed by atoms with van der Waals surface area (Å²) in [5, 5.41) is 3.41. The van der Waals surface area contributed by atoms with Crippen molar-refractivity contribution in [3.63, 3.8) is 0 Å². The summed E-state index contributed by atoms with van der Waals surface area (Å²) in [6, 6.07) is 7.56. The molecule has 8 nitrogen and oxygen atoms in total. The van der Waals surface area contributed by atoms with Gasteiger partial charge in [-0.05, 0) is 57.9 Å². The minimum absolute atomic E-state index is 0.0450. The van der Waals surface area contributed by atoms with Gasteiger partial charge in [-0.1, -0.05) is 0 Å². The Bertz CT molecular complexity index is 741. The molecule has 178 valence electrons. The van der Waals surface area contributed by atoms with Crippen LogP contribution in [0.15, 0.2) is 29.3 Å². The highest BCUT2D eigenvalue weighted by molar-refractivity contribution is 5.82. The van der Waals surface area contributed by atoms with Crippen molar-refractivity contribution in [2.75, 3.05) is 59.5 Å². The Morgan fingerprint density at radius 3 is 2.22 bits per heavy atom. The van der Waals surface area contributed by atoms with Gasteiger partial charge >= 0.3 is 0 Å². The summed E-state index contributed by atoms with van der Waals surface area (Å²) >= 11 is 0. The molecule has 32 heavy (non-hydrogen) atoms. The highest BCUT2D eigenvalue weighted by Crippen LogP contribution is 2.18. The monoisotopic (exact) mass is 445 g/mol. The van der Waals surface area contributed by atoms with E-state index in [0.717, 1.165) is 76.1 Å². The summed E-state index contributed by atoms with van der Waals surface area (Å²) in [5.41, 5.74) is 0. The Hall–Kier alpha value is -2.48. The van der Waals surface area contributed by atoms with Crippen LogP contribution in [0.2, 0.25) is 0 Å². The minimum Gasteiger partial charge on any atom is -0.497 e. The van der Waals surface area contributed by atoms with Crippen LogP contribution >= 0.6 is 0 Å². The molecule has 2 fully saturated rings. The van der Waals surface area contributed by atoms with Crippen LogP contribution in [0.5, 0.6) is 11.5 Å². The molecule has 1 aromatic carbocycles. The number of methoxy groups -OCH3 is 1. The Kier molecular flexibility index (Phi) is 9.02. The zero-order valence-corrected chi connectivity index (χ0v) is 20.0. The lowest BCUT2D eigenvalue weighted by Crippen LogP contribution is -2.57. The molecule has 2 saturated heterocycles. The molecule has 0 aliphatic carbocycles. The second-order valence-corrected chi connectivity index (χ2v) is 8.53. The molecule has 0 radical (unpaired) electrons. The van der Waals surface area contributed by atoms with Gasteiger partial charge in [0.15, 0.2) is 5.96 Å². The molecule has 2 aliphatic heterocycles. The fourth-order valence-corrected chi connectivity index (χ4v) is 4.24. The molecule has 1 N–H and O–H groups in total. The third kappa shape index (κ3) is 6.51. The molecular weight excluding hydrogens is 406 g/mol. The first-order valence-electron chi connectivity index (χ1n) is 11.9. The smallest absolute Gasteiger partial charge is 0.239 e. The van der Waals surface area contributed by atoms with Crippen molar-refractivity contribution >= 4 is 11.9 Å². The molecule has 0 bridgehead atoms. The molecular formula is C24H39N5O3. The Morgan fingerprint density at radius 2 is 1.62 bits per heavy atom. The number of carbonyl (C=O) groups excluding carboxylic acids is 1. The minimum atomic E-state index is -0.0484. The number of rotatable bonds is 8. The number of guanidine groups is 1. The average Bonchev–Trinajstić information content (AvgIpc) is 3.36. The van der Waals surface area contributed by atoms with Gasteiger partial charge in [-0.25, -0.2) is 4.99 Å². The maximum absolute atomic E-state index is 12.7. The average molecular weight is 446 g/mol. The van der Waals surface area contributed by atoms with Gasteiger partial charge in [0.05, 0.1) is 19.7 Å². The van der Waals surface area contributed by atoms with Crippen LogP contribution in [-0.4, -0.2) is 98.2 Å². The molecule has 2 atom stereocenters. The van der Waals surface area contributed by atoms with E-state index >= 15 is 0 Å². The first-order chi connectivity index (χ1) is 15.5. The molecule has 3 rings (SSSR count). The van der Waals surface area contributed by atoms with Crippen molar-refractivity contribution in [1.82, 2.24) is 20.0 Å². The molecule has 0 aromatic heterocycles. The molecule has 1 amide bonds. The first-order valence-corrected chi connectivity index (χ1v) is 11.9. The highest BCUT2D eigenvalue weighted by atomic mass is 16.5. The van der Waals surface area contributed by atoms with E-state index in [2.05, 4.69) is 22.0 Å². The zero-order chi connectivity index (χ0) is 22.9. The fourth-order valence-electron chi connectivity index (χ4n) is 4.24. The summed E-state index contributed by atoms with van der Waals surface area (Å²) < 4.78 is 11.2. The standard InChI is InChI=1S/C24H39N5O3/c1-5-25-24(26-18-19(2)32-22-10-8-21(31-4)9-11-22)29-16-14-27(15-17-29)20(3)23(30)28-12-6-7-13-28/h8-11,19-20H,5-7,12-18H2,1-4H3,(H,25,26). The number of benzene rings is 1. The van der Waals surface area contributed by atoms with Gasteiger partial charge in [0, 0.05) is 45.8 Å². The highest BCUT2D eigenvalue weighted by Gasteiger charge is 2.30. The third-order valence-corrected chi connectivity index (χ3v) is 6.17. The fraction of sp³-hybridized carbons (Fsp3) is 0.667. The zero-order valence-electron chi connectivity index (χ0n) is 20.0. The molecule has 0 saturated carbocycles. The van der Waals surface area contributed by atoms with Gasteiger partial charge in [0.2, 0.25) is 5.91 Å². The van der Waals surface area contributed by atoms with Crippen LogP contribution < -0.4 is 14.8 Å². The molecule has 1 aromatic rings. The lowest BCUT2D eigenvalue weighted by Gasteiger charge is -2.39. The maximum Gasteiger partial charge on any atom is 0.239 e. The predicted molar refractivity (Wildman–Crippen MR) is 127 cm³/mol. The topological polar surface area (TPSA) is 69.6 Å². The van der Waals surface area contributed by atoms with Crippen molar-refractivity contribution < 1.29 is 14.3 Å². The molecule has 2 heterocycles. The molecule has 8 heteroatoms. The van der Waals surface area contributed by atoms with Crippen molar-refractivity contribution in [2.24, 2.45) is 4.99 Å². The number of carbonyl (C=O) groups is 1. The maximum atomic E-state index is 12.7. The lowest BCUT2D eigenvalue weighted by molar-refractivity contribution is -0.135. The van der Waals surface area contributed by atoms with Crippen molar-refractivity contribution in [3.05, 3.63) is 24.3 Å². The summed E-state index contributed by atoms with van der Waals surface area (Å²) in [5.74, 6) is 2.81. The summed E-state index contributed by atoms with van der Waals surface area (Å²) in [6.07, 6.45) is 2.22. The van der Waals surface area contributed by atoms with E-state index in [4.69, 9.17) is 14.5 Å². The summed E-state index contributed by atoms with van der Waals surface area (Å²) in [4.78, 5) is 24.2. The second kappa shape index (κ2) is 11.9. The van der Waals surface area contributed by atoms with Gasteiger partial charge in [0.1, 0.15) is 17.6 Å². The number of hydrogen-bond donors (Lipinski definition) is 1. The Labute approximate surface area is 192 Å². The van der Waals surface area contributed by atoms with E-state index in [1.54, 1.807) is 7.11 Å². The van der Waals surface area contributed by atoms with Gasteiger partial charge in [-0.3, -0.25) is 9.69 Å². The van der Waals surface area contributed by atoms with E-state index in [1.165, 1.54) is 0 Å². The van der Waals surface area contributed by atoms with Gasteiger partial charge < -0.3 is 24.6 Å². The van der Waals surface area contributed by atoms with Crippen molar-refractivity contribution in [3.8, 4) is 11.5 Å². The molecule has 2 aliphatic rings. The Morgan fingerprint density at radius 1 is 1.00 bits per heavy atom. The number of amides is 1. The van der Waals surface area contributed by atoms with Crippen molar-refractivity contribution in [2.45, 2.75) is 45.8 Å². The largest absolute Gasteiger partial charge is 0.497 e. The van der Waals surface area contributed by atoms with Crippen LogP contribution in [0.4, 0.5) is 0 Å². The van der Waals surface area contributed by atoms with Crippen LogP contribution in [0.25, 0.3) is 0 Å². The van der Waals surface area contributed by atoms with Gasteiger partial charge in [0.25, 0.3) is 0 Å². The molecule has 0 spiro atoms. The van der Waals surface area contributed by atoms with E-state index in [1.807, 2.05) is 43.0 Å². The van der Waals surface area contributed by atoms with Crippen molar-refractivity contribution in [1.29, 1.82) is 0 Å². The number of piperazine rings is 1. The number of ether oxygens (including phenoxy) is 2. The van der Waals surface area contributed by atoms with E-state index in [0.29, 0.717) is 6.54 Å². The van der Waals surface area contributed by atoms with E-state index < -0.39 is 0 Å². The number of likely N-dealkylation sites (tertiary alicyclic amines) is 1. The number of hydrogen-bond acceptors (Lipinski definition) is 5. The van der Waals surface area contributed by atoms with E-state index in [-0.39, 0.29) is 18.1 Å². The summed E-state index contributed by atoms with van der Waals surface area (Å²) in [6.45, 7) is 12.8. The lowest BCUT2D eigenvalue weighted by atomic mass is 10.2. The number of aliphatic imine (C=N–C) groups is 1. The van der Waals surface area contributed by atoms with Gasteiger partial charge in [-0.15, -0.1) is 0 Å². The number of nitrogens with zero attached hydrogens (tertiary/aromatic N) is 4. The summed E-state index contributed by atoms with van der Waals surface area (Å²) in [7, 11) is 1.65. The second-order valence-electron chi connectivity index (χ2n) is 8.53. The third-order valence-electron chi connectivity index (χ3n) is 6.17. The van der Waals surface area contributed by atoms with E-state index in [9.17, 15) is 4.79 Å². The first kappa shape index (κ1) is 24.2. The SMILES string of the molecule is CCNC(=NCC(C)Oc1ccc(OC)cc1)N1CCN(C(C)C(=O)N2CCCC2)CC1. The number of nitrogens with one attached hydrogen (secondary N) is 1. The van der Waals surface area contributed by atoms with Crippen LogP contribution in [0.3, 0.4) is 0 Å². The van der Waals surface area contributed by atoms with Gasteiger partial charge in [-0.2, -0.15) is 0 Å². The predicted octanol–water partition coefficient (Wildman–Crippen LogP) is 2.06. The Balaban J connectivity index is 1.50. The van der Waals surface area contributed by atoms with Crippen LogP contribution in [0.1, 0.15) is 33.6 Å². The molecule has 2 unspecified atom stereocenters. The normalized spacial score (nSPS) is 19.6. The van der Waals surface area contributed by atoms with Crippen LogP contribution in [0, 0.1) is 0 Å².